The second-order valence-electron chi connectivity index (χ2n) is 4.32. The first-order valence-electron chi connectivity index (χ1n) is 5.63. The average molecular weight is 414 g/mol. The number of nitrogens with two attached hydrogens (primary N) is 1. The number of ether oxygens (including phenoxy) is 1. The maximum atomic E-state index is 12.6. The van der Waals surface area contributed by atoms with E-state index in [1.54, 1.807) is 19.2 Å². The number of hydrogen-bond donors (Lipinski definition) is 1. The quantitative estimate of drug-likeness (QED) is 0.771. The Hall–Kier alpha value is -0.150. The molecule has 1 aliphatic rings. The van der Waals surface area contributed by atoms with Crippen LogP contribution in [0.3, 0.4) is 0 Å². The van der Waals surface area contributed by atoms with Gasteiger partial charge in [-0.05, 0) is 50.4 Å². The molecule has 1 unspecified atom stereocenters. The molecule has 5 nitrogen and oxygen atoms in total. The second kappa shape index (κ2) is 5.69. The Balaban J connectivity index is 2.41. The fraction of sp³-hybridized carbons (Fsp3) is 0.455. The van der Waals surface area contributed by atoms with Gasteiger partial charge in [-0.3, -0.25) is 0 Å². The van der Waals surface area contributed by atoms with Gasteiger partial charge in [0.05, 0.1) is 6.10 Å². The summed E-state index contributed by atoms with van der Waals surface area (Å²) in [5, 5.41) is 0. The van der Waals surface area contributed by atoms with E-state index in [0.29, 0.717) is 34.1 Å². The highest BCUT2D eigenvalue weighted by Crippen LogP contribution is 2.35. The van der Waals surface area contributed by atoms with Crippen molar-refractivity contribution in [2.45, 2.75) is 17.4 Å². The van der Waals surface area contributed by atoms with E-state index < -0.39 is 10.0 Å². The predicted molar refractivity (Wildman–Crippen MR) is 80.4 cm³/mol. The summed E-state index contributed by atoms with van der Waals surface area (Å²) in [6.45, 7) is 0.839. The predicted octanol–water partition coefficient (Wildman–Crippen LogP) is 2.20. The molecule has 106 valence electrons. The van der Waals surface area contributed by atoms with Crippen LogP contribution in [-0.4, -0.2) is 39.0 Å². The monoisotopic (exact) mass is 412 g/mol. The largest absolute Gasteiger partial charge is 0.399 e. The zero-order chi connectivity index (χ0) is 14.2. The Bertz CT molecular complexity index is 569. The van der Waals surface area contributed by atoms with Gasteiger partial charge < -0.3 is 10.5 Å². The molecule has 1 saturated heterocycles. The first-order chi connectivity index (χ1) is 8.86. The van der Waals surface area contributed by atoms with Crippen molar-refractivity contribution in [3.05, 3.63) is 21.1 Å². The summed E-state index contributed by atoms with van der Waals surface area (Å²) in [6, 6.07) is 3.17. The minimum atomic E-state index is -3.56. The van der Waals surface area contributed by atoms with E-state index in [1.165, 1.54) is 4.31 Å². The number of benzene rings is 1. The highest BCUT2D eigenvalue weighted by Gasteiger charge is 2.35. The Morgan fingerprint density at radius 1 is 1.37 bits per heavy atom. The lowest BCUT2D eigenvalue weighted by Crippen LogP contribution is -2.30. The van der Waals surface area contributed by atoms with Crippen molar-refractivity contribution in [1.82, 2.24) is 4.31 Å². The van der Waals surface area contributed by atoms with Crippen LogP contribution in [0.25, 0.3) is 0 Å². The van der Waals surface area contributed by atoms with Crippen LogP contribution in [-0.2, 0) is 14.8 Å². The lowest BCUT2D eigenvalue weighted by atomic mass is 10.3. The number of sulfonamides is 1. The molecule has 0 bridgehead atoms. The SMILES string of the molecule is COC1CCN(S(=O)(=O)c2c(Br)cc(N)cc2Br)C1. The summed E-state index contributed by atoms with van der Waals surface area (Å²) < 4.78 is 32.8. The Kier molecular flexibility index (Phi) is 4.56. The highest BCUT2D eigenvalue weighted by molar-refractivity contribution is 9.11. The van der Waals surface area contributed by atoms with Crippen LogP contribution in [0.2, 0.25) is 0 Å². The third-order valence-electron chi connectivity index (χ3n) is 3.06. The standard InChI is InChI=1S/C11H14Br2N2O3S/c1-18-8-2-3-15(6-8)19(16,17)11-9(12)4-7(14)5-10(11)13/h4-5,8H,2-3,6,14H2,1H3. The number of nitrogen functional groups attached to an aromatic ring is 1. The number of methoxy groups -OCH3 is 1. The molecule has 0 saturated carbocycles. The second-order valence-corrected chi connectivity index (χ2v) is 7.91. The third-order valence-corrected chi connectivity index (χ3v) is 6.80. The number of halogens is 2. The summed E-state index contributed by atoms with van der Waals surface area (Å²) in [6.07, 6.45) is 0.668. The molecule has 1 aromatic carbocycles. The molecule has 19 heavy (non-hydrogen) atoms. The van der Waals surface area contributed by atoms with Crippen molar-refractivity contribution in [2.75, 3.05) is 25.9 Å². The van der Waals surface area contributed by atoms with Crippen LogP contribution in [0, 0.1) is 0 Å². The highest BCUT2D eigenvalue weighted by atomic mass is 79.9. The van der Waals surface area contributed by atoms with E-state index in [4.69, 9.17) is 10.5 Å². The van der Waals surface area contributed by atoms with E-state index in [1.807, 2.05) is 0 Å². The molecular weight excluding hydrogens is 400 g/mol. The van der Waals surface area contributed by atoms with E-state index in [2.05, 4.69) is 31.9 Å². The van der Waals surface area contributed by atoms with Crippen LogP contribution in [0.1, 0.15) is 6.42 Å². The number of nitrogens with zero attached hydrogens (tertiary/aromatic N) is 1. The minimum Gasteiger partial charge on any atom is -0.399 e. The number of rotatable bonds is 3. The number of hydrogen-bond acceptors (Lipinski definition) is 4. The molecule has 1 atom stereocenters. The average Bonchev–Trinajstić information content (AvgIpc) is 2.75. The summed E-state index contributed by atoms with van der Waals surface area (Å²) >= 11 is 6.53. The molecule has 0 aliphatic carbocycles. The fourth-order valence-electron chi connectivity index (χ4n) is 2.06. The Morgan fingerprint density at radius 3 is 2.42 bits per heavy atom. The summed E-state index contributed by atoms with van der Waals surface area (Å²) in [5.41, 5.74) is 6.17. The van der Waals surface area contributed by atoms with Gasteiger partial charge in [-0.1, -0.05) is 0 Å². The van der Waals surface area contributed by atoms with E-state index in [9.17, 15) is 8.42 Å². The van der Waals surface area contributed by atoms with Crippen molar-refractivity contribution in [3.63, 3.8) is 0 Å². The van der Waals surface area contributed by atoms with Crippen LogP contribution in [0.15, 0.2) is 26.0 Å². The van der Waals surface area contributed by atoms with Crippen LogP contribution in [0.4, 0.5) is 5.69 Å². The molecule has 0 spiro atoms. The van der Waals surface area contributed by atoms with Gasteiger partial charge >= 0.3 is 0 Å². The molecule has 0 aromatic heterocycles. The van der Waals surface area contributed by atoms with Gasteiger partial charge in [-0.25, -0.2) is 8.42 Å². The molecule has 1 fully saturated rings. The normalized spacial score (nSPS) is 20.9. The smallest absolute Gasteiger partial charge is 0.245 e. The molecule has 8 heteroatoms. The lowest BCUT2D eigenvalue weighted by molar-refractivity contribution is 0.115. The van der Waals surface area contributed by atoms with Gasteiger partial charge in [0.2, 0.25) is 10.0 Å². The molecule has 1 heterocycles. The maximum absolute atomic E-state index is 12.6. The van der Waals surface area contributed by atoms with Gasteiger partial charge in [0, 0.05) is 34.8 Å². The molecule has 2 rings (SSSR count). The lowest BCUT2D eigenvalue weighted by Gasteiger charge is -2.18. The molecule has 0 amide bonds. The zero-order valence-corrected chi connectivity index (χ0v) is 14.3. The fourth-order valence-corrected chi connectivity index (χ4v) is 6.09. The first kappa shape index (κ1) is 15.2. The summed E-state index contributed by atoms with van der Waals surface area (Å²) in [4.78, 5) is 0.207. The zero-order valence-electron chi connectivity index (χ0n) is 10.3. The summed E-state index contributed by atoms with van der Waals surface area (Å²) in [7, 11) is -1.96. The van der Waals surface area contributed by atoms with Crippen molar-refractivity contribution in [1.29, 1.82) is 0 Å². The minimum absolute atomic E-state index is 0.0406. The van der Waals surface area contributed by atoms with Crippen molar-refractivity contribution in [3.8, 4) is 0 Å². The summed E-state index contributed by atoms with van der Waals surface area (Å²) in [5.74, 6) is 0. The van der Waals surface area contributed by atoms with Gasteiger partial charge in [-0.2, -0.15) is 4.31 Å². The van der Waals surface area contributed by atoms with E-state index >= 15 is 0 Å². The molecule has 0 radical (unpaired) electrons. The Morgan fingerprint density at radius 2 is 1.95 bits per heavy atom. The van der Waals surface area contributed by atoms with Crippen molar-refractivity contribution in [2.24, 2.45) is 0 Å². The van der Waals surface area contributed by atoms with Crippen LogP contribution in [0.5, 0.6) is 0 Å². The third kappa shape index (κ3) is 2.97. The number of anilines is 1. The van der Waals surface area contributed by atoms with Crippen LogP contribution >= 0.6 is 31.9 Å². The van der Waals surface area contributed by atoms with Crippen LogP contribution < -0.4 is 5.73 Å². The Labute approximate surface area is 129 Å². The maximum Gasteiger partial charge on any atom is 0.245 e. The van der Waals surface area contributed by atoms with E-state index in [-0.39, 0.29) is 11.0 Å². The van der Waals surface area contributed by atoms with E-state index in [0.717, 1.165) is 0 Å². The van der Waals surface area contributed by atoms with Gasteiger partial charge in [0.25, 0.3) is 0 Å². The molecule has 1 aliphatic heterocycles. The van der Waals surface area contributed by atoms with Gasteiger partial charge in [0.15, 0.2) is 0 Å². The van der Waals surface area contributed by atoms with Crippen molar-refractivity contribution >= 4 is 47.6 Å². The molecular formula is C11H14Br2N2O3S. The molecule has 1 aromatic rings. The van der Waals surface area contributed by atoms with Crippen molar-refractivity contribution < 1.29 is 13.2 Å². The van der Waals surface area contributed by atoms with Gasteiger partial charge in [0.1, 0.15) is 4.90 Å². The molecule has 2 N–H and O–H groups in total. The first-order valence-corrected chi connectivity index (χ1v) is 8.66. The topological polar surface area (TPSA) is 72.6 Å². The van der Waals surface area contributed by atoms with Gasteiger partial charge in [-0.15, -0.1) is 0 Å².